The molecule has 3 aromatic carbocycles. The van der Waals surface area contributed by atoms with Gasteiger partial charge in [-0.25, -0.2) is 0 Å². The maximum atomic E-state index is 5.64. The van der Waals surface area contributed by atoms with Crippen molar-refractivity contribution in [2.75, 3.05) is 27.8 Å². The summed E-state index contributed by atoms with van der Waals surface area (Å²) < 4.78 is 21.4. The molecule has 0 spiro atoms. The largest absolute Gasteiger partial charge is 0.468 e. The van der Waals surface area contributed by atoms with Crippen LogP contribution in [0.4, 0.5) is 0 Å². The summed E-state index contributed by atoms with van der Waals surface area (Å²) in [5, 5.41) is 3.90. The second kappa shape index (κ2) is 14.8. The van der Waals surface area contributed by atoms with Crippen molar-refractivity contribution in [3.8, 4) is 11.5 Å². The fourth-order valence-electron chi connectivity index (χ4n) is 5.21. The molecular weight excluding hydrogens is 462 g/mol. The third kappa shape index (κ3) is 8.06. The molecule has 0 aliphatic heterocycles. The van der Waals surface area contributed by atoms with Crippen molar-refractivity contribution in [3.63, 3.8) is 0 Å². The molecule has 0 aromatic heterocycles. The van der Waals surface area contributed by atoms with Gasteiger partial charge in [0.1, 0.15) is 11.5 Å². The number of hydrogen-bond acceptors (Lipinski definition) is 5. The van der Waals surface area contributed by atoms with Crippen LogP contribution in [-0.4, -0.2) is 33.8 Å². The lowest BCUT2D eigenvalue weighted by Gasteiger charge is -2.25. The minimum atomic E-state index is 0.0864. The van der Waals surface area contributed by atoms with E-state index in [0.717, 1.165) is 18.0 Å². The molecule has 5 heteroatoms. The van der Waals surface area contributed by atoms with E-state index in [4.69, 9.17) is 18.9 Å². The highest BCUT2D eigenvalue weighted by Gasteiger charge is 2.21. The highest BCUT2D eigenvalue weighted by atomic mass is 16.7. The Bertz CT molecular complexity index is 992. The van der Waals surface area contributed by atoms with E-state index in [1.54, 1.807) is 14.2 Å². The maximum absolute atomic E-state index is 5.64. The topological polar surface area (TPSA) is 49.0 Å². The molecule has 0 unspecified atom stereocenters. The molecule has 5 nitrogen and oxygen atoms in total. The molecule has 4 rings (SSSR count). The van der Waals surface area contributed by atoms with E-state index in [0.29, 0.717) is 6.04 Å². The van der Waals surface area contributed by atoms with Crippen molar-refractivity contribution >= 4 is 0 Å². The number of methoxy groups -OCH3 is 2. The monoisotopic (exact) mass is 503 g/mol. The lowest BCUT2D eigenvalue weighted by Crippen LogP contribution is -2.29. The first-order valence-electron chi connectivity index (χ1n) is 13.5. The first-order chi connectivity index (χ1) is 18.3. The van der Waals surface area contributed by atoms with E-state index in [-0.39, 0.29) is 19.5 Å². The Balaban J connectivity index is 1.61. The molecule has 0 heterocycles. The summed E-state index contributed by atoms with van der Waals surface area (Å²) in [6.45, 7) is 1.35. The number of rotatable bonds is 12. The quantitative estimate of drug-likeness (QED) is 0.212. The molecule has 1 saturated carbocycles. The van der Waals surface area contributed by atoms with Crippen molar-refractivity contribution in [1.82, 2.24) is 5.32 Å². The Hall–Kier alpha value is -2.86. The van der Waals surface area contributed by atoms with Gasteiger partial charge in [-0.15, -0.1) is 0 Å². The maximum Gasteiger partial charge on any atom is 0.188 e. The first kappa shape index (κ1) is 27.2. The van der Waals surface area contributed by atoms with Crippen LogP contribution in [0, 0.1) is 0 Å². The third-order valence-corrected chi connectivity index (χ3v) is 7.17. The first-order valence-corrected chi connectivity index (χ1v) is 13.5. The van der Waals surface area contributed by atoms with Crippen LogP contribution in [0.5, 0.6) is 11.5 Å². The van der Waals surface area contributed by atoms with Crippen molar-refractivity contribution < 1.29 is 18.9 Å². The van der Waals surface area contributed by atoms with Crippen molar-refractivity contribution in [3.05, 3.63) is 95.1 Å². The molecule has 0 bridgehead atoms. The van der Waals surface area contributed by atoms with E-state index < -0.39 is 0 Å². The summed E-state index contributed by atoms with van der Waals surface area (Å²) in [4.78, 5) is 0. The molecular formula is C32H41NO4. The molecule has 198 valence electrons. The molecule has 0 saturated heterocycles. The lowest BCUT2D eigenvalue weighted by atomic mass is 9.82. The Morgan fingerprint density at radius 2 is 1.19 bits per heavy atom. The Kier molecular flexibility index (Phi) is 10.9. The average molecular weight is 504 g/mol. The van der Waals surface area contributed by atoms with Crippen molar-refractivity contribution in [2.24, 2.45) is 0 Å². The number of benzene rings is 3. The summed E-state index contributed by atoms with van der Waals surface area (Å²) in [5.41, 5.74) is 5.09. The fourth-order valence-corrected chi connectivity index (χ4v) is 5.21. The van der Waals surface area contributed by atoms with Crippen LogP contribution in [0.1, 0.15) is 73.1 Å². The Labute approximate surface area is 222 Å². The summed E-state index contributed by atoms with van der Waals surface area (Å²) in [6.07, 6.45) is 9.33. The van der Waals surface area contributed by atoms with Crippen LogP contribution in [0.2, 0.25) is 0 Å². The zero-order valence-electron chi connectivity index (χ0n) is 22.3. The zero-order valence-corrected chi connectivity index (χ0v) is 22.3. The third-order valence-electron chi connectivity index (χ3n) is 7.17. The van der Waals surface area contributed by atoms with Crippen LogP contribution < -0.4 is 14.8 Å². The van der Waals surface area contributed by atoms with Crippen LogP contribution in [-0.2, 0) is 16.0 Å². The normalized spacial score (nSPS) is 14.8. The number of hydrogen-bond donors (Lipinski definition) is 1. The van der Waals surface area contributed by atoms with Crippen LogP contribution in [0.3, 0.4) is 0 Å². The van der Waals surface area contributed by atoms with Gasteiger partial charge in [0.15, 0.2) is 13.6 Å². The molecule has 1 N–H and O–H groups in total. The standard InChI is InChI=1S/C32H41NO4/c1-34-23-36-29-18-14-25(15-19-29)32(26-16-20-30(21-17-26)37-24-35-2)31-13-9-8-10-27(31)22-33-28-11-6-4-3-5-7-12-28/h8-10,13-21,28,32-33H,3-7,11-12,22-24H2,1-2H3. The minimum Gasteiger partial charge on any atom is -0.468 e. The van der Waals surface area contributed by atoms with Crippen molar-refractivity contribution in [2.45, 2.75) is 63.5 Å². The molecule has 1 fully saturated rings. The van der Waals surface area contributed by atoms with Gasteiger partial charge in [-0.3, -0.25) is 0 Å². The minimum absolute atomic E-state index is 0.0864. The Morgan fingerprint density at radius 3 is 1.73 bits per heavy atom. The van der Waals surface area contributed by atoms with Gasteiger partial charge in [0.2, 0.25) is 0 Å². The van der Waals surface area contributed by atoms with Crippen molar-refractivity contribution in [1.29, 1.82) is 0 Å². The van der Waals surface area contributed by atoms with Crippen LogP contribution >= 0.6 is 0 Å². The van der Waals surface area contributed by atoms with Gasteiger partial charge < -0.3 is 24.3 Å². The molecule has 37 heavy (non-hydrogen) atoms. The lowest BCUT2D eigenvalue weighted by molar-refractivity contribution is 0.0509. The predicted molar refractivity (Wildman–Crippen MR) is 148 cm³/mol. The summed E-state index contributed by atoms with van der Waals surface area (Å²) in [6, 6.07) is 26.1. The second-order valence-corrected chi connectivity index (χ2v) is 9.79. The van der Waals surface area contributed by atoms with Gasteiger partial charge >= 0.3 is 0 Å². The fraction of sp³-hybridized carbons (Fsp3) is 0.438. The summed E-state index contributed by atoms with van der Waals surface area (Å²) in [5.74, 6) is 1.68. The summed E-state index contributed by atoms with van der Waals surface area (Å²) >= 11 is 0. The predicted octanol–water partition coefficient (Wildman–Crippen LogP) is 7.03. The van der Waals surface area contributed by atoms with Crippen LogP contribution in [0.15, 0.2) is 72.8 Å². The van der Waals surface area contributed by atoms with E-state index in [1.807, 2.05) is 24.3 Å². The Morgan fingerprint density at radius 1 is 0.676 bits per heavy atom. The molecule has 1 aliphatic carbocycles. The van der Waals surface area contributed by atoms with Gasteiger partial charge in [-0.1, -0.05) is 80.6 Å². The highest BCUT2D eigenvalue weighted by Crippen LogP contribution is 2.36. The van der Waals surface area contributed by atoms with E-state index in [9.17, 15) is 0 Å². The van der Waals surface area contributed by atoms with Gasteiger partial charge in [0.25, 0.3) is 0 Å². The van der Waals surface area contributed by atoms with Gasteiger partial charge in [-0.2, -0.15) is 0 Å². The number of ether oxygens (including phenoxy) is 4. The van der Waals surface area contributed by atoms with E-state index >= 15 is 0 Å². The molecule has 0 amide bonds. The number of nitrogens with one attached hydrogen (secondary N) is 1. The van der Waals surface area contributed by atoms with Gasteiger partial charge in [-0.05, 0) is 59.4 Å². The zero-order chi connectivity index (χ0) is 25.7. The summed E-state index contributed by atoms with van der Waals surface area (Å²) in [7, 11) is 3.26. The van der Waals surface area contributed by atoms with Crippen LogP contribution in [0.25, 0.3) is 0 Å². The molecule has 0 atom stereocenters. The SMILES string of the molecule is COCOc1ccc(C(c2ccc(OCOC)cc2)c2ccccc2CNC2CCCCCCC2)cc1. The van der Waals surface area contributed by atoms with E-state index in [1.165, 1.54) is 67.2 Å². The van der Waals surface area contributed by atoms with Gasteiger partial charge in [0, 0.05) is 32.7 Å². The second-order valence-electron chi connectivity index (χ2n) is 9.79. The average Bonchev–Trinajstić information content (AvgIpc) is 2.92. The highest BCUT2D eigenvalue weighted by molar-refractivity contribution is 5.48. The van der Waals surface area contributed by atoms with Gasteiger partial charge in [0.05, 0.1) is 0 Å². The molecule has 3 aromatic rings. The smallest absolute Gasteiger partial charge is 0.188 e. The molecule has 0 radical (unpaired) electrons. The van der Waals surface area contributed by atoms with E-state index in [2.05, 4.69) is 53.8 Å². The molecule has 1 aliphatic rings.